The Hall–Kier alpha value is -1.91. The summed E-state index contributed by atoms with van der Waals surface area (Å²) in [4.78, 5) is 25.0. The molecule has 0 aliphatic carbocycles. The van der Waals surface area contributed by atoms with Crippen LogP contribution in [0.5, 0.6) is 0 Å². The SMILES string of the molecule is CC(=O)N(CCC(=O)NC(C)(C)C)Cc1ccc(F)cc1. The quantitative estimate of drug-likeness (QED) is 0.907. The van der Waals surface area contributed by atoms with E-state index in [1.54, 1.807) is 17.0 Å². The molecule has 116 valence electrons. The minimum atomic E-state index is -0.308. The number of carbonyl (C=O) groups is 2. The largest absolute Gasteiger partial charge is 0.351 e. The van der Waals surface area contributed by atoms with Crippen LogP contribution in [0.25, 0.3) is 0 Å². The van der Waals surface area contributed by atoms with Crippen LogP contribution in [0.2, 0.25) is 0 Å². The number of benzene rings is 1. The fourth-order valence-electron chi connectivity index (χ4n) is 1.88. The van der Waals surface area contributed by atoms with E-state index in [4.69, 9.17) is 0 Å². The number of amides is 2. The molecule has 0 aliphatic heterocycles. The first kappa shape index (κ1) is 17.1. The van der Waals surface area contributed by atoms with E-state index >= 15 is 0 Å². The van der Waals surface area contributed by atoms with E-state index in [-0.39, 0.29) is 29.6 Å². The zero-order chi connectivity index (χ0) is 16.0. The fraction of sp³-hybridized carbons (Fsp3) is 0.500. The van der Waals surface area contributed by atoms with Crippen molar-refractivity contribution in [2.45, 2.75) is 46.2 Å². The second-order valence-electron chi connectivity index (χ2n) is 6.12. The molecule has 0 bridgehead atoms. The van der Waals surface area contributed by atoms with Crippen molar-refractivity contribution in [3.63, 3.8) is 0 Å². The standard InChI is InChI=1S/C16H23FN2O2/c1-12(20)19(10-9-15(21)18-16(2,3)4)11-13-5-7-14(17)8-6-13/h5-8H,9-11H2,1-4H3,(H,18,21). The van der Waals surface area contributed by atoms with Crippen molar-refractivity contribution in [1.82, 2.24) is 10.2 Å². The molecule has 1 rings (SSSR count). The molecule has 21 heavy (non-hydrogen) atoms. The highest BCUT2D eigenvalue weighted by Gasteiger charge is 2.16. The Labute approximate surface area is 125 Å². The average Bonchev–Trinajstić information content (AvgIpc) is 2.34. The number of hydrogen-bond donors (Lipinski definition) is 1. The molecule has 2 amide bonds. The van der Waals surface area contributed by atoms with Crippen LogP contribution in [0.4, 0.5) is 4.39 Å². The third kappa shape index (κ3) is 6.88. The molecule has 0 saturated heterocycles. The van der Waals surface area contributed by atoms with E-state index in [2.05, 4.69) is 5.32 Å². The van der Waals surface area contributed by atoms with Crippen molar-refractivity contribution in [1.29, 1.82) is 0 Å². The van der Waals surface area contributed by atoms with E-state index in [1.807, 2.05) is 20.8 Å². The molecule has 0 unspecified atom stereocenters. The maximum absolute atomic E-state index is 12.9. The third-order valence-electron chi connectivity index (χ3n) is 2.86. The molecule has 1 aromatic rings. The summed E-state index contributed by atoms with van der Waals surface area (Å²) in [7, 11) is 0. The summed E-state index contributed by atoms with van der Waals surface area (Å²) in [5.41, 5.74) is 0.553. The Morgan fingerprint density at radius 1 is 1.19 bits per heavy atom. The monoisotopic (exact) mass is 294 g/mol. The topological polar surface area (TPSA) is 49.4 Å². The van der Waals surface area contributed by atoms with E-state index in [0.29, 0.717) is 13.1 Å². The molecule has 0 aromatic heterocycles. The van der Waals surface area contributed by atoms with Gasteiger partial charge in [0.2, 0.25) is 11.8 Å². The summed E-state index contributed by atoms with van der Waals surface area (Å²) < 4.78 is 12.9. The van der Waals surface area contributed by atoms with Crippen molar-refractivity contribution in [2.75, 3.05) is 6.54 Å². The summed E-state index contributed by atoms with van der Waals surface area (Å²) in [5.74, 6) is -0.506. The molecule has 1 N–H and O–H groups in total. The van der Waals surface area contributed by atoms with Crippen LogP contribution >= 0.6 is 0 Å². The van der Waals surface area contributed by atoms with Crippen LogP contribution in [0.3, 0.4) is 0 Å². The molecular formula is C16H23FN2O2. The highest BCUT2D eigenvalue weighted by Crippen LogP contribution is 2.08. The van der Waals surface area contributed by atoms with Crippen LogP contribution in [0, 0.1) is 5.82 Å². The van der Waals surface area contributed by atoms with Gasteiger partial charge >= 0.3 is 0 Å². The van der Waals surface area contributed by atoms with Gasteiger partial charge < -0.3 is 10.2 Å². The summed E-state index contributed by atoms with van der Waals surface area (Å²) in [6.07, 6.45) is 0.248. The van der Waals surface area contributed by atoms with Gasteiger partial charge in [0.15, 0.2) is 0 Å². The summed E-state index contributed by atoms with van der Waals surface area (Å²) >= 11 is 0. The van der Waals surface area contributed by atoms with Gasteiger partial charge in [0, 0.05) is 32.0 Å². The van der Waals surface area contributed by atoms with Crippen LogP contribution in [-0.4, -0.2) is 28.8 Å². The Kier molecular flexibility index (Phi) is 5.88. The van der Waals surface area contributed by atoms with Gasteiger partial charge in [0.1, 0.15) is 5.82 Å². The highest BCUT2D eigenvalue weighted by atomic mass is 19.1. The lowest BCUT2D eigenvalue weighted by Crippen LogP contribution is -2.42. The van der Waals surface area contributed by atoms with Gasteiger partial charge in [-0.05, 0) is 38.5 Å². The highest BCUT2D eigenvalue weighted by molar-refractivity contribution is 5.78. The zero-order valence-corrected chi connectivity index (χ0v) is 13.1. The van der Waals surface area contributed by atoms with Crippen molar-refractivity contribution in [3.05, 3.63) is 35.6 Å². The minimum absolute atomic E-state index is 0.0899. The number of carbonyl (C=O) groups excluding carboxylic acids is 2. The van der Waals surface area contributed by atoms with Gasteiger partial charge in [-0.1, -0.05) is 12.1 Å². The van der Waals surface area contributed by atoms with Crippen molar-refractivity contribution < 1.29 is 14.0 Å². The van der Waals surface area contributed by atoms with Gasteiger partial charge in [-0.3, -0.25) is 9.59 Å². The smallest absolute Gasteiger partial charge is 0.222 e. The lowest BCUT2D eigenvalue weighted by atomic mass is 10.1. The van der Waals surface area contributed by atoms with Crippen molar-refractivity contribution in [3.8, 4) is 0 Å². The Bertz CT molecular complexity index is 492. The van der Waals surface area contributed by atoms with E-state index in [0.717, 1.165) is 5.56 Å². The first-order valence-electron chi connectivity index (χ1n) is 6.98. The van der Waals surface area contributed by atoms with Crippen LogP contribution in [0.1, 0.15) is 39.7 Å². The van der Waals surface area contributed by atoms with Gasteiger partial charge in [-0.15, -0.1) is 0 Å². The van der Waals surface area contributed by atoms with Crippen LogP contribution in [0.15, 0.2) is 24.3 Å². The maximum atomic E-state index is 12.9. The predicted molar refractivity (Wildman–Crippen MR) is 80.0 cm³/mol. The predicted octanol–water partition coefficient (Wildman–Crippen LogP) is 2.48. The second kappa shape index (κ2) is 7.20. The molecule has 0 atom stereocenters. The average molecular weight is 294 g/mol. The molecule has 0 saturated carbocycles. The van der Waals surface area contributed by atoms with Gasteiger partial charge in [-0.2, -0.15) is 0 Å². The Morgan fingerprint density at radius 2 is 1.76 bits per heavy atom. The summed E-state index contributed by atoms with van der Waals surface area (Å²) in [5, 5.41) is 2.86. The van der Waals surface area contributed by atoms with Gasteiger partial charge in [-0.25, -0.2) is 4.39 Å². The minimum Gasteiger partial charge on any atom is -0.351 e. The van der Waals surface area contributed by atoms with Crippen molar-refractivity contribution in [2.24, 2.45) is 0 Å². The third-order valence-corrected chi connectivity index (χ3v) is 2.86. The molecule has 0 fully saturated rings. The molecule has 4 nitrogen and oxygen atoms in total. The maximum Gasteiger partial charge on any atom is 0.222 e. The molecule has 0 heterocycles. The molecule has 0 spiro atoms. The number of nitrogens with one attached hydrogen (secondary N) is 1. The number of nitrogens with zero attached hydrogens (tertiary/aromatic N) is 1. The van der Waals surface area contributed by atoms with Crippen LogP contribution < -0.4 is 5.32 Å². The lowest BCUT2D eigenvalue weighted by molar-refractivity contribution is -0.130. The first-order chi connectivity index (χ1) is 9.67. The Balaban J connectivity index is 2.56. The summed E-state index contributed by atoms with van der Waals surface area (Å²) in [6, 6.07) is 6.00. The number of hydrogen-bond acceptors (Lipinski definition) is 2. The number of rotatable bonds is 5. The molecule has 1 aromatic carbocycles. The van der Waals surface area contributed by atoms with Gasteiger partial charge in [0.25, 0.3) is 0 Å². The Morgan fingerprint density at radius 3 is 2.24 bits per heavy atom. The summed E-state index contributed by atoms with van der Waals surface area (Å²) in [6.45, 7) is 7.91. The fourth-order valence-corrected chi connectivity index (χ4v) is 1.88. The zero-order valence-electron chi connectivity index (χ0n) is 13.1. The lowest BCUT2D eigenvalue weighted by Gasteiger charge is -2.24. The number of halogens is 1. The second-order valence-corrected chi connectivity index (χ2v) is 6.12. The molecule has 5 heteroatoms. The molecule has 0 radical (unpaired) electrons. The van der Waals surface area contributed by atoms with E-state index in [9.17, 15) is 14.0 Å². The molecular weight excluding hydrogens is 271 g/mol. The van der Waals surface area contributed by atoms with Gasteiger partial charge in [0.05, 0.1) is 0 Å². The normalized spacial score (nSPS) is 11.1. The van der Waals surface area contributed by atoms with E-state index in [1.165, 1.54) is 19.1 Å². The first-order valence-corrected chi connectivity index (χ1v) is 6.98. The van der Waals surface area contributed by atoms with Crippen LogP contribution in [-0.2, 0) is 16.1 Å². The molecule has 0 aliphatic rings. The van der Waals surface area contributed by atoms with Crippen molar-refractivity contribution >= 4 is 11.8 Å². The van der Waals surface area contributed by atoms with E-state index < -0.39 is 0 Å².